The molecule has 12 aliphatic rings. The molecule has 292 valence electrons. The van der Waals surface area contributed by atoms with E-state index in [4.69, 9.17) is 23.7 Å². The third-order valence-corrected chi connectivity index (χ3v) is 18.5. The van der Waals surface area contributed by atoms with Crippen LogP contribution < -0.4 is 0 Å². The number of rotatable bonds is 8. The highest BCUT2D eigenvalue weighted by Gasteiger charge is 2.68. The number of carbonyl (C=O) groups is 4. The van der Waals surface area contributed by atoms with Gasteiger partial charge >= 0.3 is 23.9 Å². The molecule has 9 heteroatoms. The molecule has 0 amide bonds. The van der Waals surface area contributed by atoms with Crippen LogP contribution in [0.15, 0.2) is 0 Å². The predicted octanol–water partition coefficient (Wildman–Crippen LogP) is 7.21. The molecule has 4 heterocycles. The first-order valence-corrected chi connectivity index (χ1v) is 21.7. The van der Waals surface area contributed by atoms with E-state index in [0.29, 0.717) is 79.6 Å². The highest BCUT2D eigenvalue weighted by molar-refractivity contribution is 5.97. The van der Waals surface area contributed by atoms with Gasteiger partial charge in [-0.25, -0.2) is 0 Å². The molecule has 0 N–H and O–H groups in total. The lowest BCUT2D eigenvalue weighted by molar-refractivity contribution is -0.250. The monoisotopic (exact) mass is 734 g/mol. The van der Waals surface area contributed by atoms with Crippen LogP contribution in [-0.2, 0) is 42.9 Å². The smallest absolute Gasteiger partial charge is 0.320 e. The Morgan fingerprint density at radius 3 is 2.00 bits per heavy atom. The van der Waals surface area contributed by atoms with Crippen molar-refractivity contribution >= 4 is 23.9 Å². The minimum atomic E-state index is -1.41. The second-order valence-corrected chi connectivity index (χ2v) is 21.3. The van der Waals surface area contributed by atoms with Crippen molar-refractivity contribution in [1.29, 1.82) is 0 Å². The van der Waals surface area contributed by atoms with Crippen molar-refractivity contribution in [2.75, 3.05) is 6.61 Å². The first-order valence-electron chi connectivity index (χ1n) is 21.7. The Hall–Kier alpha value is -2.00. The van der Waals surface area contributed by atoms with Crippen molar-refractivity contribution in [3.05, 3.63) is 0 Å². The molecule has 8 saturated carbocycles. The maximum Gasteiger partial charge on any atom is 0.320 e. The SMILES string of the molecule is CC1C2CCC(C2)C1C1C(=O)OC(=O)C1C1OCCCC1C(C)(C(=O)OC1(C)C2CC3CC(C2)CC1C3)C(C)(C)C(=O)OC12CC3CC(C1)OC(C3)C2. The van der Waals surface area contributed by atoms with Crippen LogP contribution in [0.25, 0.3) is 0 Å². The third-order valence-electron chi connectivity index (χ3n) is 18.5. The highest BCUT2D eigenvalue weighted by Crippen LogP contribution is 2.63. The first-order chi connectivity index (χ1) is 25.2. The number of esters is 4. The van der Waals surface area contributed by atoms with E-state index < -0.39 is 57.8 Å². The molecule has 0 aromatic rings. The summed E-state index contributed by atoms with van der Waals surface area (Å²) < 4.78 is 32.3. The Morgan fingerprint density at radius 1 is 0.736 bits per heavy atom. The molecule has 8 aliphatic carbocycles. The van der Waals surface area contributed by atoms with Gasteiger partial charge in [-0.05, 0) is 164 Å². The number of carbonyl (C=O) groups excluding carboxylic acids is 4. The summed E-state index contributed by atoms with van der Waals surface area (Å²) in [4.78, 5) is 58.4. The Kier molecular flexibility index (Phi) is 8.02. The molecular weight excluding hydrogens is 672 g/mol. The molecular formula is C44H62O9. The fraction of sp³-hybridized carbons (Fsp3) is 0.909. The van der Waals surface area contributed by atoms with Gasteiger partial charge in [0, 0.05) is 25.4 Å². The summed E-state index contributed by atoms with van der Waals surface area (Å²) in [7, 11) is 0. The molecule has 12 fully saturated rings. The number of hydrogen-bond acceptors (Lipinski definition) is 9. The molecule has 53 heavy (non-hydrogen) atoms. The molecule has 11 atom stereocenters. The van der Waals surface area contributed by atoms with Crippen molar-refractivity contribution in [3.63, 3.8) is 0 Å². The van der Waals surface area contributed by atoms with Gasteiger partial charge in [0.2, 0.25) is 0 Å². The van der Waals surface area contributed by atoms with Gasteiger partial charge in [0.05, 0.1) is 41.0 Å². The minimum Gasteiger partial charge on any atom is -0.458 e. The second kappa shape index (κ2) is 12.0. The Balaban J connectivity index is 1.02. The fourth-order valence-corrected chi connectivity index (χ4v) is 15.7. The maximum atomic E-state index is 15.6. The zero-order chi connectivity index (χ0) is 36.8. The number of hydrogen-bond donors (Lipinski definition) is 0. The van der Waals surface area contributed by atoms with E-state index in [9.17, 15) is 9.59 Å². The quantitative estimate of drug-likeness (QED) is 0.145. The van der Waals surface area contributed by atoms with Crippen molar-refractivity contribution in [2.45, 2.75) is 160 Å². The highest BCUT2D eigenvalue weighted by atomic mass is 16.6. The van der Waals surface area contributed by atoms with Crippen molar-refractivity contribution in [2.24, 2.45) is 81.8 Å². The van der Waals surface area contributed by atoms with Crippen molar-refractivity contribution in [1.82, 2.24) is 0 Å². The Morgan fingerprint density at radius 2 is 1.38 bits per heavy atom. The molecule has 0 aromatic carbocycles. The maximum absolute atomic E-state index is 15.6. The standard InChI is InChI=1S/C44H62O9/c1-22-26-8-9-27(18-26)33(22)34-35(38(46)51-37(34)45)36-32(7-6-10-49-36)42(4,40(48)52-43(5)28-12-23-11-24(14-28)15-29(43)13-23)41(2,3)39(47)53-44-19-25-16-30(20-44)50-31(17-25)21-44/h22-36H,6-21H2,1-5H3. The Labute approximate surface area is 315 Å². The van der Waals surface area contributed by atoms with Gasteiger partial charge in [-0.1, -0.05) is 6.92 Å². The molecule has 9 nitrogen and oxygen atoms in total. The van der Waals surface area contributed by atoms with Crippen LogP contribution in [-0.4, -0.2) is 60.0 Å². The van der Waals surface area contributed by atoms with E-state index in [1.165, 1.54) is 12.8 Å². The molecule has 10 bridgehead atoms. The Bertz CT molecular complexity index is 1500. The number of ether oxygens (including phenoxy) is 5. The van der Waals surface area contributed by atoms with Crippen LogP contribution in [0, 0.1) is 81.8 Å². The van der Waals surface area contributed by atoms with Crippen LogP contribution >= 0.6 is 0 Å². The van der Waals surface area contributed by atoms with Gasteiger partial charge in [-0.2, -0.15) is 0 Å². The van der Waals surface area contributed by atoms with Crippen LogP contribution in [0.1, 0.15) is 131 Å². The van der Waals surface area contributed by atoms with E-state index in [0.717, 1.165) is 57.8 Å². The predicted molar refractivity (Wildman–Crippen MR) is 192 cm³/mol. The number of cyclic esters (lactones) is 2. The van der Waals surface area contributed by atoms with Gasteiger partial charge in [0.1, 0.15) is 11.2 Å². The van der Waals surface area contributed by atoms with Crippen LogP contribution in [0.3, 0.4) is 0 Å². The topological polar surface area (TPSA) is 114 Å². The van der Waals surface area contributed by atoms with Gasteiger partial charge in [-0.3, -0.25) is 19.2 Å². The van der Waals surface area contributed by atoms with Gasteiger partial charge in [0.25, 0.3) is 0 Å². The van der Waals surface area contributed by atoms with E-state index in [2.05, 4.69) is 13.8 Å². The average molecular weight is 735 g/mol. The molecule has 0 radical (unpaired) electrons. The van der Waals surface area contributed by atoms with E-state index in [1.54, 1.807) is 0 Å². The lowest BCUT2D eigenvalue weighted by atomic mass is 9.50. The zero-order valence-corrected chi connectivity index (χ0v) is 32.6. The average Bonchev–Trinajstić information content (AvgIpc) is 3.78. The molecule has 0 spiro atoms. The molecule has 4 aliphatic heterocycles. The molecule has 11 unspecified atom stereocenters. The van der Waals surface area contributed by atoms with E-state index in [-0.39, 0.29) is 30.1 Å². The lowest BCUT2D eigenvalue weighted by Crippen LogP contribution is -2.64. The lowest BCUT2D eigenvalue weighted by Gasteiger charge is -2.60. The summed E-state index contributed by atoms with van der Waals surface area (Å²) in [6, 6.07) is 0. The zero-order valence-electron chi connectivity index (χ0n) is 32.6. The van der Waals surface area contributed by atoms with Crippen molar-refractivity contribution < 1.29 is 42.9 Å². The fourth-order valence-electron chi connectivity index (χ4n) is 15.7. The number of fused-ring (bicyclic) bond motifs is 2. The normalized spacial score (nSPS) is 51.8. The van der Waals surface area contributed by atoms with Crippen LogP contribution in [0.4, 0.5) is 0 Å². The van der Waals surface area contributed by atoms with Crippen LogP contribution in [0.5, 0.6) is 0 Å². The second-order valence-electron chi connectivity index (χ2n) is 21.3. The molecule has 0 aromatic heterocycles. The van der Waals surface area contributed by atoms with E-state index >= 15 is 9.59 Å². The summed E-state index contributed by atoms with van der Waals surface area (Å²) in [5, 5.41) is 0. The van der Waals surface area contributed by atoms with Gasteiger partial charge < -0.3 is 23.7 Å². The van der Waals surface area contributed by atoms with E-state index in [1.807, 2.05) is 20.8 Å². The summed E-state index contributed by atoms with van der Waals surface area (Å²) in [6.45, 7) is 10.5. The largest absolute Gasteiger partial charge is 0.458 e. The van der Waals surface area contributed by atoms with Gasteiger partial charge in [-0.15, -0.1) is 0 Å². The van der Waals surface area contributed by atoms with Crippen molar-refractivity contribution in [3.8, 4) is 0 Å². The molecule has 12 rings (SSSR count). The summed E-state index contributed by atoms with van der Waals surface area (Å²) in [6.07, 6.45) is 13.9. The van der Waals surface area contributed by atoms with Crippen LogP contribution in [0.2, 0.25) is 0 Å². The minimum absolute atomic E-state index is 0.0466. The molecule has 4 saturated heterocycles. The summed E-state index contributed by atoms with van der Waals surface area (Å²) >= 11 is 0. The van der Waals surface area contributed by atoms with Gasteiger partial charge in [0.15, 0.2) is 0 Å². The first kappa shape index (κ1) is 35.4. The summed E-state index contributed by atoms with van der Waals surface area (Å²) in [5.74, 6) is 0.0603. The summed E-state index contributed by atoms with van der Waals surface area (Å²) in [5.41, 5.74) is -3.95. The third kappa shape index (κ3) is 5.12.